The van der Waals surface area contributed by atoms with Gasteiger partial charge in [0.05, 0.1) is 16.6 Å². The fraction of sp³-hybridized carbons (Fsp3) is 0. The summed E-state index contributed by atoms with van der Waals surface area (Å²) in [4.78, 5) is 9.78. The summed E-state index contributed by atoms with van der Waals surface area (Å²) in [5.41, 5.74) is 10.1. The van der Waals surface area contributed by atoms with Gasteiger partial charge in [0.2, 0.25) is 0 Å². The van der Waals surface area contributed by atoms with Crippen LogP contribution in [-0.4, -0.2) is 14.5 Å². The Labute approximate surface area is 260 Å². The normalized spacial score (nSPS) is 11.6. The van der Waals surface area contributed by atoms with E-state index in [1.807, 2.05) is 24.4 Å². The number of aromatic nitrogens is 3. The van der Waals surface area contributed by atoms with Crippen LogP contribution in [0.1, 0.15) is 0 Å². The summed E-state index contributed by atoms with van der Waals surface area (Å²) in [7, 11) is 0. The van der Waals surface area contributed by atoms with Crippen LogP contribution < -0.4 is 0 Å². The number of benzene rings is 7. The number of pyridine rings is 1. The minimum absolute atomic E-state index is 0.937. The molecule has 2 heterocycles. The van der Waals surface area contributed by atoms with E-state index in [0.29, 0.717) is 0 Å². The monoisotopic (exact) mass is 573 g/mol. The maximum absolute atomic E-state index is 5.06. The molecule has 9 aromatic rings. The molecule has 9 rings (SSSR count). The Kier molecular flexibility index (Phi) is 5.82. The third kappa shape index (κ3) is 4.13. The number of nitrogens with zero attached hydrogens (tertiary/aromatic N) is 3. The summed E-state index contributed by atoms with van der Waals surface area (Å²) >= 11 is 0. The van der Waals surface area contributed by atoms with Crippen molar-refractivity contribution in [2.24, 2.45) is 0 Å². The Morgan fingerprint density at radius 1 is 0.444 bits per heavy atom. The molecular weight excluding hydrogens is 546 g/mol. The second-order valence-electron chi connectivity index (χ2n) is 11.4. The minimum Gasteiger partial charge on any atom is -0.292 e. The highest BCUT2D eigenvalue weighted by atomic mass is 15.1. The van der Waals surface area contributed by atoms with Crippen molar-refractivity contribution in [3.63, 3.8) is 0 Å². The molecule has 210 valence electrons. The lowest BCUT2D eigenvalue weighted by Crippen LogP contribution is -1.97. The van der Waals surface area contributed by atoms with Crippen molar-refractivity contribution in [1.29, 1.82) is 0 Å². The SMILES string of the molecule is c1ccc(-n2c(-c3ccc(-c4ccc(-c5cc6cccnc6c6ccccc56)c5ccccc45)cc3)nc3ccccc32)cc1. The van der Waals surface area contributed by atoms with Crippen molar-refractivity contribution >= 4 is 43.5 Å². The van der Waals surface area contributed by atoms with Gasteiger partial charge in [-0.1, -0.05) is 121 Å². The third-order valence-electron chi connectivity index (χ3n) is 8.85. The van der Waals surface area contributed by atoms with Crippen LogP contribution in [-0.2, 0) is 0 Å². The van der Waals surface area contributed by atoms with Crippen molar-refractivity contribution in [3.05, 3.63) is 164 Å². The fourth-order valence-corrected chi connectivity index (χ4v) is 6.78. The fourth-order valence-electron chi connectivity index (χ4n) is 6.78. The van der Waals surface area contributed by atoms with Gasteiger partial charge in [0.25, 0.3) is 0 Å². The highest BCUT2D eigenvalue weighted by molar-refractivity contribution is 6.16. The zero-order valence-electron chi connectivity index (χ0n) is 24.4. The standard InChI is InChI=1S/C42H27N3/c1-2-12-31(13-3-1)45-40-19-9-8-18-39(40)44-42(45)29-22-20-28(21-23-29)32-24-25-36(34-15-5-4-14-33(32)34)38-27-30-11-10-26-43-41(30)37-17-7-6-16-35(37)38/h1-27H. The maximum Gasteiger partial charge on any atom is 0.145 e. The Morgan fingerprint density at radius 2 is 1.07 bits per heavy atom. The van der Waals surface area contributed by atoms with Crippen LogP contribution in [0, 0.1) is 0 Å². The Bertz CT molecular complexity index is 2530. The van der Waals surface area contributed by atoms with Crippen molar-refractivity contribution in [2.75, 3.05) is 0 Å². The molecule has 0 atom stereocenters. The molecule has 0 aliphatic rings. The molecule has 0 bridgehead atoms. The van der Waals surface area contributed by atoms with Gasteiger partial charge in [0.15, 0.2) is 0 Å². The van der Waals surface area contributed by atoms with Crippen LogP contribution in [0.5, 0.6) is 0 Å². The van der Waals surface area contributed by atoms with Crippen LogP contribution in [0.3, 0.4) is 0 Å². The molecule has 0 amide bonds. The predicted octanol–water partition coefficient (Wildman–Crippen LogP) is 10.9. The molecule has 45 heavy (non-hydrogen) atoms. The molecule has 0 fully saturated rings. The number of imidazole rings is 1. The Morgan fingerprint density at radius 3 is 1.87 bits per heavy atom. The average molecular weight is 574 g/mol. The van der Waals surface area contributed by atoms with Crippen molar-refractivity contribution in [1.82, 2.24) is 14.5 Å². The van der Waals surface area contributed by atoms with Crippen LogP contribution >= 0.6 is 0 Å². The van der Waals surface area contributed by atoms with Crippen molar-refractivity contribution in [2.45, 2.75) is 0 Å². The van der Waals surface area contributed by atoms with Gasteiger partial charge >= 0.3 is 0 Å². The van der Waals surface area contributed by atoms with E-state index in [-0.39, 0.29) is 0 Å². The largest absolute Gasteiger partial charge is 0.292 e. The number of hydrogen-bond acceptors (Lipinski definition) is 2. The minimum atomic E-state index is 0.937. The van der Waals surface area contributed by atoms with E-state index in [1.165, 1.54) is 43.8 Å². The molecule has 0 spiro atoms. The van der Waals surface area contributed by atoms with Gasteiger partial charge in [-0.3, -0.25) is 9.55 Å². The van der Waals surface area contributed by atoms with E-state index in [1.54, 1.807) is 0 Å². The molecule has 0 saturated carbocycles. The van der Waals surface area contributed by atoms with Gasteiger partial charge in [-0.25, -0.2) is 4.98 Å². The molecular formula is C42H27N3. The van der Waals surface area contributed by atoms with Crippen LogP contribution in [0.2, 0.25) is 0 Å². The zero-order valence-corrected chi connectivity index (χ0v) is 24.4. The molecule has 0 unspecified atom stereocenters. The summed E-state index contributed by atoms with van der Waals surface area (Å²) < 4.78 is 2.25. The summed E-state index contributed by atoms with van der Waals surface area (Å²) in [6, 6.07) is 56.0. The first-order valence-corrected chi connectivity index (χ1v) is 15.3. The van der Waals surface area contributed by atoms with Crippen LogP contribution in [0.4, 0.5) is 0 Å². The second kappa shape index (κ2) is 10.3. The molecule has 3 nitrogen and oxygen atoms in total. The zero-order chi connectivity index (χ0) is 29.7. The first kappa shape index (κ1) is 25.4. The number of rotatable bonds is 4. The van der Waals surface area contributed by atoms with Crippen LogP contribution in [0.25, 0.3) is 82.8 Å². The number of hydrogen-bond donors (Lipinski definition) is 0. The Hall–Kier alpha value is -6.06. The quantitative estimate of drug-likeness (QED) is 0.196. The first-order chi connectivity index (χ1) is 22.3. The summed E-state index contributed by atoms with van der Waals surface area (Å²) in [6.07, 6.45) is 1.88. The number of para-hydroxylation sites is 3. The lowest BCUT2D eigenvalue weighted by Gasteiger charge is -2.15. The lowest BCUT2D eigenvalue weighted by atomic mass is 9.89. The van der Waals surface area contributed by atoms with E-state index in [9.17, 15) is 0 Å². The van der Waals surface area contributed by atoms with Crippen molar-refractivity contribution < 1.29 is 0 Å². The van der Waals surface area contributed by atoms with E-state index in [0.717, 1.165) is 39.0 Å². The van der Waals surface area contributed by atoms with E-state index < -0.39 is 0 Å². The molecule has 0 N–H and O–H groups in total. The van der Waals surface area contributed by atoms with Gasteiger partial charge in [-0.05, 0) is 74.8 Å². The first-order valence-electron chi connectivity index (χ1n) is 15.3. The highest BCUT2D eigenvalue weighted by Crippen LogP contribution is 2.41. The molecule has 7 aromatic carbocycles. The highest BCUT2D eigenvalue weighted by Gasteiger charge is 2.16. The molecule has 2 aromatic heterocycles. The molecule has 0 aliphatic carbocycles. The summed E-state index contributed by atoms with van der Waals surface area (Å²) in [5, 5.41) is 6.01. The van der Waals surface area contributed by atoms with Crippen LogP contribution in [0.15, 0.2) is 164 Å². The van der Waals surface area contributed by atoms with Crippen molar-refractivity contribution in [3.8, 4) is 39.3 Å². The van der Waals surface area contributed by atoms with Gasteiger partial charge in [0.1, 0.15) is 5.82 Å². The predicted molar refractivity (Wildman–Crippen MR) is 188 cm³/mol. The average Bonchev–Trinajstić information content (AvgIpc) is 3.51. The van der Waals surface area contributed by atoms with Gasteiger partial charge in [-0.15, -0.1) is 0 Å². The topological polar surface area (TPSA) is 30.7 Å². The van der Waals surface area contributed by atoms with E-state index in [2.05, 4.69) is 144 Å². The molecule has 0 radical (unpaired) electrons. The second-order valence-corrected chi connectivity index (χ2v) is 11.4. The molecule has 0 saturated heterocycles. The van der Waals surface area contributed by atoms with Gasteiger partial charge < -0.3 is 0 Å². The molecule has 0 aliphatic heterocycles. The van der Waals surface area contributed by atoms with Gasteiger partial charge in [0, 0.05) is 28.2 Å². The smallest absolute Gasteiger partial charge is 0.145 e. The third-order valence-corrected chi connectivity index (χ3v) is 8.85. The molecule has 3 heteroatoms. The van der Waals surface area contributed by atoms with E-state index >= 15 is 0 Å². The van der Waals surface area contributed by atoms with Gasteiger partial charge in [-0.2, -0.15) is 0 Å². The lowest BCUT2D eigenvalue weighted by molar-refractivity contribution is 1.10. The Balaban J connectivity index is 1.19. The maximum atomic E-state index is 5.06. The summed E-state index contributed by atoms with van der Waals surface area (Å²) in [5.74, 6) is 0.937. The number of fused-ring (bicyclic) bond motifs is 5. The summed E-state index contributed by atoms with van der Waals surface area (Å²) in [6.45, 7) is 0. The van der Waals surface area contributed by atoms with E-state index in [4.69, 9.17) is 9.97 Å².